The minimum absolute atomic E-state index is 0.299. The van der Waals surface area contributed by atoms with Gasteiger partial charge in [0.25, 0.3) is 5.91 Å². The largest absolute Gasteiger partial charge is 0.464 e. The molecule has 0 aliphatic heterocycles. The lowest BCUT2D eigenvalue weighted by molar-refractivity contribution is 0.0952. The number of hydrazine groups is 1. The maximum atomic E-state index is 11.4. The SMILES string of the molecule is CCN(Cc1cc(C(=O)NN)c(C)o1)C1CC1. The molecule has 17 heavy (non-hydrogen) atoms. The van der Waals surface area contributed by atoms with E-state index < -0.39 is 0 Å². The number of nitrogens with zero attached hydrogens (tertiary/aromatic N) is 1. The topological polar surface area (TPSA) is 71.5 Å². The normalized spacial score (nSPS) is 15.3. The van der Waals surface area contributed by atoms with Crippen LogP contribution in [0, 0.1) is 6.92 Å². The van der Waals surface area contributed by atoms with Crippen LogP contribution in [0.25, 0.3) is 0 Å². The highest BCUT2D eigenvalue weighted by molar-refractivity contribution is 5.94. The summed E-state index contributed by atoms with van der Waals surface area (Å²) in [5, 5.41) is 0. The van der Waals surface area contributed by atoms with Crippen molar-refractivity contribution in [2.75, 3.05) is 6.54 Å². The van der Waals surface area contributed by atoms with Crippen molar-refractivity contribution in [1.82, 2.24) is 10.3 Å². The van der Waals surface area contributed by atoms with Gasteiger partial charge in [-0.15, -0.1) is 0 Å². The van der Waals surface area contributed by atoms with Crippen molar-refractivity contribution >= 4 is 5.91 Å². The smallest absolute Gasteiger partial charge is 0.268 e. The van der Waals surface area contributed by atoms with E-state index in [9.17, 15) is 4.79 Å². The van der Waals surface area contributed by atoms with E-state index in [2.05, 4.69) is 17.2 Å². The average molecular weight is 237 g/mol. The van der Waals surface area contributed by atoms with Gasteiger partial charge in [-0.3, -0.25) is 15.1 Å². The molecule has 1 aromatic heterocycles. The molecule has 1 aliphatic rings. The van der Waals surface area contributed by atoms with E-state index in [1.165, 1.54) is 12.8 Å². The summed E-state index contributed by atoms with van der Waals surface area (Å²) in [7, 11) is 0. The van der Waals surface area contributed by atoms with E-state index >= 15 is 0 Å². The average Bonchev–Trinajstić information content (AvgIpc) is 3.10. The van der Waals surface area contributed by atoms with Gasteiger partial charge in [0.1, 0.15) is 11.5 Å². The number of aryl methyl sites for hydroxylation is 1. The molecule has 1 heterocycles. The van der Waals surface area contributed by atoms with Gasteiger partial charge in [-0.25, -0.2) is 5.84 Å². The molecule has 1 aromatic rings. The predicted octanol–water partition coefficient (Wildman–Crippen LogP) is 1.18. The lowest BCUT2D eigenvalue weighted by Gasteiger charge is -2.17. The quantitative estimate of drug-likeness (QED) is 0.458. The molecule has 94 valence electrons. The molecule has 1 amide bonds. The number of carbonyl (C=O) groups excluding carboxylic acids is 1. The second-order valence-electron chi connectivity index (χ2n) is 4.45. The lowest BCUT2D eigenvalue weighted by atomic mass is 10.2. The number of rotatable bonds is 5. The zero-order valence-electron chi connectivity index (χ0n) is 10.3. The summed E-state index contributed by atoms with van der Waals surface area (Å²) >= 11 is 0. The number of hydrogen-bond donors (Lipinski definition) is 2. The highest BCUT2D eigenvalue weighted by atomic mass is 16.3. The minimum Gasteiger partial charge on any atom is -0.464 e. The van der Waals surface area contributed by atoms with Crippen LogP contribution in [-0.2, 0) is 6.54 Å². The first-order valence-corrected chi connectivity index (χ1v) is 6.00. The molecule has 0 saturated heterocycles. The Balaban J connectivity index is 2.08. The molecule has 0 bridgehead atoms. The van der Waals surface area contributed by atoms with Crippen molar-refractivity contribution < 1.29 is 9.21 Å². The fourth-order valence-corrected chi connectivity index (χ4v) is 2.06. The van der Waals surface area contributed by atoms with Crippen molar-refractivity contribution in [1.29, 1.82) is 0 Å². The summed E-state index contributed by atoms with van der Waals surface area (Å²) in [6.45, 7) is 5.69. The third-order valence-electron chi connectivity index (χ3n) is 3.17. The zero-order valence-corrected chi connectivity index (χ0v) is 10.3. The van der Waals surface area contributed by atoms with E-state index in [1.54, 1.807) is 13.0 Å². The molecule has 0 unspecified atom stereocenters. The molecule has 3 N–H and O–H groups in total. The summed E-state index contributed by atoms with van der Waals surface area (Å²) in [4.78, 5) is 13.8. The Labute approximate surface area is 101 Å². The first kappa shape index (κ1) is 12.1. The van der Waals surface area contributed by atoms with Gasteiger partial charge in [-0.2, -0.15) is 0 Å². The number of amides is 1. The van der Waals surface area contributed by atoms with Crippen molar-refractivity contribution in [3.63, 3.8) is 0 Å². The van der Waals surface area contributed by atoms with Crippen molar-refractivity contribution in [2.24, 2.45) is 5.84 Å². The van der Waals surface area contributed by atoms with Gasteiger partial charge < -0.3 is 4.42 Å². The Bertz CT molecular complexity index is 410. The molecular formula is C12H19N3O2. The van der Waals surface area contributed by atoms with E-state index in [0.29, 0.717) is 17.4 Å². The van der Waals surface area contributed by atoms with Gasteiger partial charge >= 0.3 is 0 Å². The molecule has 1 saturated carbocycles. The number of hydrogen-bond acceptors (Lipinski definition) is 4. The summed E-state index contributed by atoms with van der Waals surface area (Å²) < 4.78 is 5.59. The van der Waals surface area contributed by atoms with Crippen LogP contribution in [0.3, 0.4) is 0 Å². The second kappa shape index (κ2) is 4.89. The predicted molar refractivity (Wildman–Crippen MR) is 64.2 cm³/mol. The fraction of sp³-hybridized carbons (Fsp3) is 0.583. The van der Waals surface area contributed by atoms with Crippen molar-refractivity contribution in [3.05, 3.63) is 23.2 Å². The molecule has 0 aromatic carbocycles. The van der Waals surface area contributed by atoms with Gasteiger partial charge in [-0.05, 0) is 32.4 Å². The number of furan rings is 1. The third kappa shape index (κ3) is 2.68. The zero-order chi connectivity index (χ0) is 12.4. The molecular weight excluding hydrogens is 218 g/mol. The number of nitrogen functional groups attached to an aromatic ring is 1. The van der Waals surface area contributed by atoms with Gasteiger partial charge in [-0.1, -0.05) is 6.92 Å². The number of carbonyl (C=O) groups is 1. The molecule has 1 fully saturated rings. The van der Waals surface area contributed by atoms with Crippen LogP contribution in [0.15, 0.2) is 10.5 Å². The maximum Gasteiger partial charge on any atom is 0.268 e. The van der Waals surface area contributed by atoms with E-state index in [1.807, 2.05) is 0 Å². The van der Waals surface area contributed by atoms with Crippen LogP contribution >= 0.6 is 0 Å². The Hall–Kier alpha value is -1.33. The highest BCUT2D eigenvalue weighted by Crippen LogP contribution is 2.28. The van der Waals surface area contributed by atoms with Crippen LogP contribution in [0.4, 0.5) is 0 Å². The van der Waals surface area contributed by atoms with Crippen LogP contribution in [0.1, 0.15) is 41.6 Å². The molecule has 0 atom stereocenters. The summed E-state index contributed by atoms with van der Waals surface area (Å²) in [6.07, 6.45) is 2.54. The van der Waals surface area contributed by atoms with E-state index in [-0.39, 0.29) is 5.91 Å². The first-order valence-electron chi connectivity index (χ1n) is 6.00. The van der Waals surface area contributed by atoms with Gasteiger partial charge in [0.15, 0.2) is 0 Å². The first-order chi connectivity index (χ1) is 8.15. The van der Waals surface area contributed by atoms with E-state index in [0.717, 1.165) is 18.8 Å². The maximum absolute atomic E-state index is 11.4. The molecule has 0 radical (unpaired) electrons. The fourth-order valence-electron chi connectivity index (χ4n) is 2.06. The third-order valence-corrected chi connectivity index (χ3v) is 3.17. The minimum atomic E-state index is -0.299. The Morgan fingerprint density at radius 1 is 1.65 bits per heavy atom. The lowest BCUT2D eigenvalue weighted by Crippen LogP contribution is -2.30. The van der Waals surface area contributed by atoms with Crippen LogP contribution in [-0.4, -0.2) is 23.4 Å². The molecule has 0 spiro atoms. The van der Waals surface area contributed by atoms with Gasteiger partial charge in [0.05, 0.1) is 12.1 Å². The number of nitrogens with one attached hydrogen (secondary N) is 1. The summed E-state index contributed by atoms with van der Waals surface area (Å²) in [6, 6.07) is 2.47. The summed E-state index contributed by atoms with van der Waals surface area (Å²) in [5.41, 5.74) is 2.65. The number of nitrogens with two attached hydrogens (primary N) is 1. The molecule has 5 nitrogen and oxygen atoms in total. The van der Waals surface area contributed by atoms with Crippen LogP contribution in [0.5, 0.6) is 0 Å². The van der Waals surface area contributed by atoms with Crippen LogP contribution < -0.4 is 11.3 Å². The highest BCUT2D eigenvalue weighted by Gasteiger charge is 2.28. The monoisotopic (exact) mass is 237 g/mol. The standard InChI is InChI=1S/C12H19N3O2/c1-3-15(9-4-5-9)7-10-6-11(8(2)17-10)12(16)14-13/h6,9H,3-5,7,13H2,1-2H3,(H,14,16). The molecule has 5 heteroatoms. The van der Waals surface area contributed by atoms with Crippen molar-refractivity contribution in [3.8, 4) is 0 Å². The van der Waals surface area contributed by atoms with E-state index in [4.69, 9.17) is 10.3 Å². The Morgan fingerprint density at radius 2 is 2.35 bits per heavy atom. The van der Waals surface area contributed by atoms with Gasteiger partial charge in [0.2, 0.25) is 0 Å². The summed E-state index contributed by atoms with van der Waals surface area (Å²) in [5.74, 6) is 6.27. The second-order valence-corrected chi connectivity index (χ2v) is 4.45. The van der Waals surface area contributed by atoms with Crippen molar-refractivity contribution in [2.45, 2.75) is 39.3 Å². The van der Waals surface area contributed by atoms with Crippen LogP contribution in [0.2, 0.25) is 0 Å². The molecule has 2 rings (SSSR count). The van der Waals surface area contributed by atoms with Gasteiger partial charge in [0, 0.05) is 6.04 Å². The Kier molecular flexibility index (Phi) is 3.49. The Morgan fingerprint density at radius 3 is 2.88 bits per heavy atom. The molecule has 1 aliphatic carbocycles.